The zero-order chi connectivity index (χ0) is 13.1. The van der Waals surface area contributed by atoms with E-state index in [1.54, 1.807) is 0 Å². The average molecular weight is 280 g/mol. The van der Waals surface area contributed by atoms with Gasteiger partial charge in [0, 0.05) is 30.1 Å². The van der Waals surface area contributed by atoms with Gasteiger partial charge in [-0.05, 0) is 25.0 Å². The van der Waals surface area contributed by atoms with Crippen molar-refractivity contribution in [2.75, 3.05) is 18.8 Å². The number of H-pyrrole nitrogens is 1. The third kappa shape index (κ3) is 2.95. The molecule has 0 aliphatic carbocycles. The molecule has 0 spiro atoms. The predicted molar refractivity (Wildman–Crippen MR) is 76.0 cm³/mol. The van der Waals surface area contributed by atoms with Crippen molar-refractivity contribution in [2.24, 2.45) is 0 Å². The smallest absolute Gasteiger partial charge is 0.283 e. The molecular formula is C13H20N4OS. The fourth-order valence-corrected chi connectivity index (χ4v) is 3.69. The summed E-state index contributed by atoms with van der Waals surface area (Å²) in [6, 6.07) is 0. The Hall–Kier alpha value is -1.01. The van der Waals surface area contributed by atoms with E-state index in [2.05, 4.69) is 15.6 Å². The van der Waals surface area contributed by atoms with Gasteiger partial charge in [-0.15, -0.1) is 0 Å². The molecule has 5 nitrogen and oxygen atoms in total. The van der Waals surface area contributed by atoms with Gasteiger partial charge < -0.3 is 0 Å². The van der Waals surface area contributed by atoms with Crippen LogP contribution >= 0.6 is 11.8 Å². The van der Waals surface area contributed by atoms with Gasteiger partial charge in [-0.3, -0.25) is 15.3 Å². The number of hydrazine groups is 1. The Kier molecular flexibility index (Phi) is 4.08. The number of hydrogen-bond acceptors (Lipinski definition) is 4. The molecule has 3 rings (SSSR count). The van der Waals surface area contributed by atoms with Crippen LogP contribution < -0.4 is 5.43 Å². The summed E-state index contributed by atoms with van der Waals surface area (Å²) in [4.78, 5) is 12.3. The Balaban J connectivity index is 1.68. The van der Waals surface area contributed by atoms with Gasteiger partial charge in [0.15, 0.2) is 5.69 Å². The van der Waals surface area contributed by atoms with Gasteiger partial charge in [0.1, 0.15) is 0 Å². The SMILES string of the molecule is O=C(NN1CCCCCC1)c1n[nH]c2c1CSCC2. The highest BCUT2D eigenvalue weighted by atomic mass is 32.2. The second kappa shape index (κ2) is 5.96. The standard InChI is InChI=1S/C13H20N4OS/c18-13(16-17-6-3-1-2-4-7-17)12-10-9-19-8-5-11(10)14-15-12/h1-9H2,(H,14,15)(H,16,18). The van der Waals surface area contributed by atoms with Crippen molar-refractivity contribution in [2.45, 2.75) is 37.9 Å². The minimum atomic E-state index is -0.0538. The van der Waals surface area contributed by atoms with Crippen LogP contribution in [0.3, 0.4) is 0 Å². The van der Waals surface area contributed by atoms with E-state index < -0.39 is 0 Å². The Bertz CT molecular complexity index is 451. The molecule has 0 atom stereocenters. The van der Waals surface area contributed by atoms with Crippen LogP contribution in [-0.2, 0) is 12.2 Å². The Labute approximate surface area is 117 Å². The maximum atomic E-state index is 12.3. The van der Waals surface area contributed by atoms with Gasteiger partial charge in [0.05, 0.1) is 0 Å². The van der Waals surface area contributed by atoms with Crippen molar-refractivity contribution < 1.29 is 4.79 Å². The number of aryl methyl sites for hydroxylation is 1. The van der Waals surface area contributed by atoms with E-state index in [0.717, 1.165) is 55.1 Å². The zero-order valence-corrected chi connectivity index (χ0v) is 11.9. The van der Waals surface area contributed by atoms with Gasteiger partial charge in [-0.1, -0.05) is 12.8 Å². The number of carbonyl (C=O) groups excluding carboxylic acids is 1. The van der Waals surface area contributed by atoms with Crippen molar-refractivity contribution >= 4 is 17.7 Å². The van der Waals surface area contributed by atoms with Crippen molar-refractivity contribution in [3.8, 4) is 0 Å². The van der Waals surface area contributed by atoms with Crippen LogP contribution in [0.1, 0.15) is 47.4 Å². The van der Waals surface area contributed by atoms with Gasteiger partial charge in [-0.25, -0.2) is 5.01 Å². The van der Waals surface area contributed by atoms with Crippen molar-refractivity contribution in [1.29, 1.82) is 0 Å². The zero-order valence-electron chi connectivity index (χ0n) is 11.1. The summed E-state index contributed by atoms with van der Waals surface area (Å²) in [6.07, 6.45) is 5.84. The Morgan fingerprint density at radius 2 is 2.05 bits per heavy atom. The lowest BCUT2D eigenvalue weighted by molar-refractivity contribution is 0.0788. The van der Waals surface area contributed by atoms with Crippen LogP contribution in [0, 0.1) is 0 Å². The molecule has 1 aromatic rings. The number of aromatic amines is 1. The number of nitrogens with zero attached hydrogens (tertiary/aromatic N) is 2. The highest BCUT2D eigenvalue weighted by Crippen LogP contribution is 2.25. The predicted octanol–water partition coefficient (Wildman–Crippen LogP) is 1.72. The number of nitrogens with one attached hydrogen (secondary N) is 2. The van der Waals surface area contributed by atoms with Crippen LogP contribution in [-0.4, -0.2) is 40.0 Å². The van der Waals surface area contributed by atoms with Crippen LogP contribution in [0.5, 0.6) is 0 Å². The van der Waals surface area contributed by atoms with Crippen LogP contribution in [0.2, 0.25) is 0 Å². The van der Waals surface area contributed by atoms with Gasteiger partial charge >= 0.3 is 0 Å². The molecule has 3 heterocycles. The third-order valence-corrected chi connectivity index (χ3v) is 4.76. The molecule has 1 fully saturated rings. The molecule has 6 heteroatoms. The maximum absolute atomic E-state index is 12.3. The first kappa shape index (κ1) is 13.0. The molecule has 2 N–H and O–H groups in total. The molecule has 1 aromatic heterocycles. The molecule has 0 radical (unpaired) electrons. The summed E-state index contributed by atoms with van der Waals surface area (Å²) in [5.41, 5.74) is 5.84. The van der Waals surface area contributed by atoms with Crippen molar-refractivity contribution in [1.82, 2.24) is 20.6 Å². The molecule has 104 valence electrons. The van der Waals surface area contributed by atoms with Crippen molar-refractivity contribution in [3.05, 3.63) is 17.0 Å². The number of thioether (sulfide) groups is 1. The molecule has 19 heavy (non-hydrogen) atoms. The first-order valence-corrected chi connectivity index (χ1v) is 8.20. The summed E-state index contributed by atoms with van der Waals surface area (Å²) in [7, 11) is 0. The number of rotatable bonds is 2. The van der Waals surface area contributed by atoms with Crippen LogP contribution in [0.25, 0.3) is 0 Å². The van der Waals surface area contributed by atoms with Gasteiger partial charge in [0.25, 0.3) is 5.91 Å². The molecule has 0 saturated carbocycles. The highest BCUT2D eigenvalue weighted by Gasteiger charge is 2.23. The van der Waals surface area contributed by atoms with E-state index in [-0.39, 0.29) is 5.91 Å². The van der Waals surface area contributed by atoms with Crippen molar-refractivity contribution in [3.63, 3.8) is 0 Å². The second-order valence-electron chi connectivity index (χ2n) is 5.17. The summed E-state index contributed by atoms with van der Waals surface area (Å²) in [6.45, 7) is 1.90. The lowest BCUT2D eigenvalue weighted by Crippen LogP contribution is -2.43. The number of aromatic nitrogens is 2. The monoisotopic (exact) mass is 280 g/mol. The fraction of sp³-hybridized carbons (Fsp3) is 0.692. The van der Waals surface area contributed by atoms with E-state index in [9.17, 15) is 4.79 Å². The highest BCUT2D eigenvalue weighted by molar-refractivity contribution is 7.98. The topological polar surface area (TPSA) is 61.0 Å². The fourth-order valence-electron chi connectivity index (χ4n) is 2.68. The van der Waals surface area contributed by atoms with Gasteiger partial charge in [-0.2, -0.15) is 16.9 Å². The number of fused-ring (bicyclic) bond motifs is 1. The van der Waals surface area contributed by atoms with E-state index in [0.29, 0.717) is 5.69 Å². The Morgan fingerprint density at radius 1 is 1.26 bits per heavy atom. The number of hydrogen-bond donors (Lipinski definition) is 2. The first-order valence-electron chi connectivity index (χ1n) is 7.04. The summed E-state index contributed by atoms with van der Waals surface area (Å²) >= 11 is 1.87. The second-order valence-corrected chi connectivity index (χ2v) is 6.28. The quantitative estimate of drug-likeness (QED) is 0.866. The third-order valence-electron chi connectivity index (χ3n) is 3.78. The maximum Gasteiger partial charge on any atom is 0.286 e. The lowest BCUT2D eigenvalue weighted by Gasteiger charge is -2.20. The molecule has 0 aromatic carbocycles. The van der Waals surface area contributed by atoms with E-state index in [1.807, 2.05) is 16.8 Å². The summed E-state index contributed by atoms with van der Waals surface area (Å²) < 4.78 is 0. The first-order chi connectivity index (χ1) is 9.34. The van der Waals surface area contributed by atoms with E-state index in [1.165, 1.54) is 12.8 Å². The molecular weight excluding hydrogens is 260 g/mol. The number of amides is 1. The van der Waals surface area contributed by atoms with Crippen LogP contribution in [0.4, 0.5) is 0 Å². The minimum Gasteiger partial charge on any atom is -0.283 e. The lowest BCUT2D eigenvalue weighted by atomic mass is 10.1. The van der Waals surface area contributed by atoms with Crippen LogP contribution in [0.15, 0.2) is 0 Å². The molecule has 0 bridgehead atoms. The normalized spacial score (nSPS) is 20.6. The molecule has 1 amide bonds. The largest absolute Gasteiger partial charge is 0.286 e. The summed E-state index contributed by atoms with van der Waals surface area (Å²) in [5.74, 6) is 1.96. The Morgan fingerprint density at radius 3 is 2.84 bits per heavy atom. The molecule has 2 aliphatic heterocycles. The number of carbonyl (C=O) groups is 1. The van der Waals surface area contributed by atoms with Gasteiger partial charge in [0.2, 0.25) is 0 Å². The van der Waals surface area contributed by atoms with E-state index in [4.69, 9.17) is 0 Å². The minimum absolute atomic E-state index is 0.0538. The van der Waals surface area contributed by atoms with E-state index >= 15 is 0 Å². The molecule has 0 unspecified atom stereocenters. The average Bonchev–Trinajstić information content (AvgIpc) is 2.70. The molecule has 2 aliphatic rings. The summed E-state index contributed by atoms with van der Waals surface area (Å²) in [5, 5.41) is 9.27. The molecule has 1 saturated heterocycles.